The molecule has 0 bridgehead atoms. The van der Waals surface area contributed by atoms with E-state index < -0.39 is 12.7 Å². The van der Waals surface area contributed by atoms with Crippen LogP contribution in [0.5, 0.6) is 0 Å². The Balaban J connectivity index is 1.63. The number of ether oxygens (including phenoxy) is 1. The Morgan fingerprint density at radius 2 is 1.89 bits per heavy atom. The molecule has 0 aromatic rings. The third-order valence-corrected chi connectivity index (χ3v) is 3.69. The quantitative estimate of drug-likeness (QED) is 0.837. The van der Waals surface area contributed by atoms with Gasteiger partial charge >= 0.3 is 6.18 Å². The summed E-state index contributed by atoms with van der Waals surface area (Å²) >= 11 is 0. The van der Waals surface area contributed by atoms with E-state index in [1.165, 1.54) is 4.90 Å². The first-order valence-corrected chi connectivity index (χ1v) is 6.63. The molecule has 0 amide bonds. The highest BCUT2D eigenvalue weighted by atomic mass is 19.4. The lowest BCUT2D eigenvalue weighted by Crippen LogP contribution is -2.39. The first kappa shape index (κ1) is 14.1. The Kier molecular flexibility index (Phi) is 4.86. The molecule has 3 nitrogen and oxygen atoms in total. The van der Waals surface area contributed by atoms with Crippen molar-refractivity contribution in [1.82, 2.24) is 10.2 Å². The number of alkyl halides is 3. The molecular formula is C12H21F3N2O. The van der Waals surface area contributed by atoms with Gasteiger partial charge in [-0.05, 0) is 38.3 Å². The van der Waals surface area contributed by atoms with Gasteiger partial charge in [0.15, 0.2) is 0 Å². The highest BCUT2D eigenvalue weighted by Gasteiger charge is 2.34. The minimum atomic E-state index is -4.07. The standard InChI is InChI=1S/C12H21F3N2O/c13-12(14,15)9-17-4-1-10(8-17)7-16-11-2-5-18-6-3-11/h10-11,16H,1-9H2. The van der Waals surface area contributed by atoms with E-state index >= 15 is 0 Å². The minimum absolute atomic E-state index is 0.357. The van der Waals surface area contributed by atoms with Crippen LogP contribution in [-0.2, 0) is 4.74 Å². The van der Waals surface area contributed by atoms with Gasteiger partial charge in [0.2, 0.25) is 0 Å². The van der Waals surface area contributed by atoms with Crippen molar-refractivity contribution >= 4 is 0 Å². The smallest absolute Gasteiger partial charge is 0.381 e. The molecule has 1 unspecified atom stereocenters. The maximum atomic E-state index is 12.2. The van der Waals surface area contributed by atoms with Gasteiger partial charge < -0.3 is 10.1 Å². The summed E-state index contributed by atoms with van der Waals surface area (Å²) in [5.74, 6) is 0.357. The number of nitrogens with zero attached hydrogens (tertiary/aromatic N) is 1. The van der Waals surface area contributed by atoms with E-state index in [9.17, 15) is 13.2 Å². The SMILES string of the molecule is FC(F)(F)CN1CCC(CNC2CCOCC2)C1. The Morgan fingerprint density at radius 1 is 1.17 bits per heavy atom. The molecule has 2 rings (SSSR count). The first-order valence-electron chi connectivity index (χ1n) is 6.63. The zero-order valence-corrected chi connectivity index (χ0v) is 10.5. The summed E-state index contributed by atoms with van der Waals surface area (Å²) in [7, 11) is 0. The van der Waals surface area contributed by atoms with Gasteiger partial charge in [-0.1, -0.05) is 0 Å². The molecule has 0 aromatic carbocycles. The Bertz CT molecular complexity index is 254. The van der Waals surface area contributed by atoms with Crippen LogP contribution in [0.15, 0.2) is 0 Å². The van der Waals surface area contributed by atoms with Gasteiger partial charge in [-0.3, -0.25) is 4.90 Å². The second kappa shape index (κ2) is 6.21. The third kappa shape index (κ3) is 4.74. The normalized spacial score (nSPS) is 27.8. The molecule has 0 aliphatic carbocycles. The van der Waals surface area contributed by atoms with E-state index in [0.29, 0.717) is 25.0 Å². The molecule has 2 heterocycles. The largest absolute Gasteiger partial charge is 0.401 e. The molecule has 2 saturated heterocycles. The molecule has 18 heavy (non-hydrogen) atoms. The average molecular weight is 266 g/mol. The summed E-state index contributed by atoms with van der Waals surface area (Å²) in [5, 5.41) is 3.46. The Hall–Kier alpha value is -0.330. The van der Waals surface area contributed by atoms with Crippen LogP contribution in [0.3, 0.4) is 0 Å². The number of hydrogen-bond donors (Lipinski definition) is 1. The van der Waals surface area contributed by atoms with E-state index in [4.69, 9.17) is 4.74 Å². The first-order chi connectivity index (χ1) is 8.53. The molecule has 0 radical (unpaired) electrons. The van der Waals surface area contributed by atoms with Gasteiger partial charge in [-0.15, -0.1) is 0 Å². The molecule has 1 atom stereocenters. The molecule has 2 aliphatic rings. The van der Waals surface area contributed by atoms with Gasteiger partial charge in [0, 0.05) is 25.8 Å². The summed E-state index contributed by atoms with van der Waals surface area (Å²) in [5.41, 5.74) is 0. The molecule has 2 fully saturated rings. The van der Waals surface area contributed by atoms with E-state index in [1.807, 2.05) is 0 Å². The van der Waals surface area contributed by atoms with E-state index in [0.717, 1.165) is 39.0 Å². The summed E-state index contributed by atoms with van der Waals surface area (Å²) in [6.07, 6.45) is -1.17. The van der Waals surface area contributed by atoms with Crippen molar-refractivity contribution in [3.05, 3.63) is 0 Å². The Morgan fingerprint density at radius 3 is 2.56 bits per heavy atom. The minimum Gasteiger partial charge on any atom is -0.381 e. The fraction of sp³-hybridized carbons (Fsp3) is 1.00. The molecule has 2 aliphatic heterocycles. The number of nitrogens with one attached hydrogen (secondary N) is 1. The van der Waals surface area contributed by atoms with E-state index in [-0.39, 0.29) is 0 Å². The lowest BCUT2D eigenvalue weighted by atomic mass is 10.1. The van der Waals surface area contributed by atoms with E-state index in [2.05, 4.69) is 5.32 Å². The molecule has 0 saturated carbocycles. The summed E-state index contributed by atoms with van der Waals surface area (Å²) in [6, 6.07) is 0.482. The van der Waals surface area contributed by atoms with Crippen molar-refractivity contribution in [3.63, 3.8) is 0 Å². The van der Waals surface area contributed by atoms with Crippen LogP contribution >= 0.6 is 0 Å². The second-order valence-electron chi connectivity index (χ2n) is 5.30. The third-order valence-electron chi connectivity index (χ3n) is 3.69. The predicted octanol–water partition coefficient (Wildman–Crippen LogP) is 1.64. The van der Waals surface area contributed by atoms with Gasteiger partial charge in [0.25, 0.3) is 0 Å². The molecule has 1 N–H and O–H groups in total. The van der Waals surface area contributed by atoms with Gasteiger partial charge in [-0.25, -0.2) is 0 Å². The van der Waals surface area contributed by atoms with Crippen molar-refractivity contribution in [3.8, 4) is 0 Å². The zero-order valence-electron chi connectivity index (χ0n) is 10.5. The monoisotopic (exact) mass is 266 g/mol. The molecule has 0 aromatic heterocycles. The maximum Gasteiger partial charge on any atom is 0.401 e. The fourth-order valence-electron chi connectivity index (χ4n) is 2.71. The number of rotatable bonds is 4. The number of hydrogen-bond acceptors (Lipinski definition) is 3. The van der Waals surface area contributed by atoms with Crippen LogP contribution in [0.1, 0.15) is 19.3 Å². The van der Waals surface area contributed by atoms with Crippen LogP contribution in [0.4, 0.5) is 13.2 Å². The highest BCUT2D eigenvalue weighted by molar-refractivity contribution is 4.80. The fourth-order valence-corrected chi connectivity index (χ4v) is 2.71. The zero-order chi connectivity index (χ0) is 13.0. The molecule has 0 spiro atoms. The van der Waals surface area contributed by atoms with Gasteiger partial charge in [0.1, 0.15) is 0 Å². The second-order valence-corrected chi connectivity index (χ2v) is 5.30. The predicted molar refractivity (Wildman–Crippen MR) is 62.4 cm³/mol. The van der Waals surface area contributed by atoms with Crippen LogP contribution in [0.25, 0.3) is 0 Å². The summed E-state index contributed by atoms with van der Waals surface area (Å²) in [6.45, 7) is 2.79. The summed E-state index contributed by atoms with van der Waals surface area (Å²) in [4.78, 5) is 1.51. The lowest BCUT2D eigenvalue weighted by Gasteiger charge is -2.25. The molecular weight excluding hydrogens is 245 g/mol. The number of halogens is 3. The van der Waals surface area contributed by atoms with Gasteiger partial charge in [0.05, 0.1) is 6.54 Å². The Labute approximate surface area is 106 Å². The van der Waals surface area contributed by atoms with Crippen LogP contribution in [0.2, 0.25) is 0 Å². The van der Waals surface area contributed by atoms with Crippen LogP contribution < -0.4 is 5.32 Å². The van der Waals surface area contributed by atoms with E-state index in [1.54, 1.807) is 0 Å². The average Bonchev–Trinajstić information content (AvgIpc) is 2.73. The van der Waals surface area contributed by atoms with Crippen LogP contribution in [0, 0.1) is 5.92 Å². The summed E-state index contributed by atoms with van der Waals surface area (Å²) < 4.78 is 42.0. The maximum absolute atomic E-state index is 12.2. The lowest BCUT2D eigenvalue weighted by molar-refractivity contribution is -0.143. The van der Waals surface area contributed by atoms with Gasteiger partial charge in [-0.2, -0.15) is 13.2 Å². The topological polar surface area (TPSA) is 24.5 Å². The van der Waals surface area contributed by atoms with Crippen molar-refractivity contribution in [2.45, 2.75) is 31.5 Å². The molecule has 106 valence electrons. The van der Waals surface area contributed by atoms with Crippen molar-refractivity contribution in [1.29, 1.82) is 0 Å². The van der Waals surface area contributed by atoms with Crippen molar-refractivity contribution < 1.29 is 17.9 Å². The molecule has 6 heteroatoms. The van der Waals surface area contributed by atoms with Crippen LogP contribution in [-0.4, -0.2) is 56.5 Å². The highest BCUT2D eigenvalue weighted by Crippen LogP contribution is 2.22. The van der Waals surface area contributed by atoms with Crippen molar-refractivity contribution in [2.24, 2.45) is 5.92 Å². The van der Waals surface area contributed by atoms with Crippen molar-refractivity contribution in [2.75, 3.05) is 39.4 Å². The number of likely N-dealkylation sites (tertiary alicyclic amines) is 1.